The SMILES string of the molecule is O=C(CCCCC(=O)OCC(=O)COc1cccc([N+](=O)[O-])c1)COC(=O)COc1cccc([N+](=O)[O-])c1. The first kappa shape index (κ1) is 29.4. The zero-order valence-electron chi connectivity index (χ0n) is 20.1. The van der Waals surface area contributed by atoms with Gasteiger partial charge in [0.05, 0.1) is 22.0 Å². The highest BCUT2D eigenvalue weighted by molar-refractivity contribution is 5.84. The van der Waals surface area contributed by atoms with Gasteiger partial charge in [-0.25, -0.2) is 4.79 Å². The fourth-order valence-electron chi connectivity index (χ4n) is 2.82. The number of benzene rings is 2. The van der Waals surface area contributed by atoms with Crippen molar-refractivity contribution in [1.29, 1.82) is 0 Å². The van der Waals surface area contributed by atoms with Gasteiger partial charge in [-0.1, -0.05) is 12.1 Å². The smallest absolute Gasteiger partial charge is 0.344 e. The van der Waals surface area contributed by atoms with Crippen LogP contribution in [0.2, 0.25) is 0 Å². The van der Waals surface area contributed by atoms with Crippen LogP contribution in [0.1, 0.15) is 25.7 Å². The second-order valence-corrected chi connectivity index (χ2v) is 7.69. The van der Waals surface area contributed by atoms with Gasteiger partial charge in [0.15, 0.2) is 19.0 Å². The first-order valence-corrected chi connectivity index (χ1v) is 11.2. The van der Waals surface area contributed by atoms with E-state index in [1.165, 1.54) is 36.4 Å². The number of nitrogens with zero attached hydrogens (tertiary/aromatic N) is 2. The molecule has 202 valence electrons. The summed E-state index contributed by atoms with van der Waals surface area (Å²) in [6.45, 7) is -1.98. The summed E-state index contributed by atoms with van der Waals surface area (Å²) in [6, 6.07) is 10.5. The van der Waals surface area contributed by atoms with Gasteiger partial charge in [-0.05, 0) is 25.0 Å². The molecule has 0 fully saturated rings. The molecule has 0 aliphatic rings. The summed E-state index contributed by atoms with van der Waals surface area (Å²) >= 11 is 0. The zero-order valence-corrected chi connectivity index (χ0v) is 20.1. The maximum absolute atomic E-state index is 11.8. The van der Waals surface area contributed by atoms with Gasteiger partial charge in [-0.15, -0.1) is 0 Å². The summed E-state index contributed by atoms with van der Waals surface area (Å²) < 4.78 is 19.9. The van der Waals surface area contributed by atoms with E-state index in [0.29, 0.717) is 12.8 Å². The van der Waals surface area contributed by atoms with Crippen molar-refractivity contribution in [2.45, 2.75) is 25.7 Å². The van der Waals surface area contributed by atoms with Crippen LogP contribution in [0.5, 0.6) is 11.5 Å². The number of hydrogen-bond donors (Lipinski definition) is 0. The molecule has 0 aliphatic heterocycles. The van der Waals surface area contributed by atoms with Gasteiger partial charge in [0, 0.05) is 25.0 Å². The van der Waals surface area contributed by atoms with Gasteiger partial charge in [0.1, 0.15) is 24.7 Å². The molecule has 0 saturated carbocycles. The molecular weight excluding hydrogens is 508 g/mol. The number of hydrogen-bond acceptors (Lipinski definition) is 12. The third-order valence-electron chi connectivity index (χ3n) is 4.69. The highest BCUT2D eigenvalue weighted by Gasteiger charge is 2.13. The van der Waals surface area contributed by atoms with Crippen LogP contribution in [0.25, 0.3) is 0 Å². The zero-order chi connectivity index (χ0) is 27.9. The Morgan fingerprint density at radius 1 is 0.632 bits per heavy atom. The van der Waals surface area contributed by atoms with Gasteiger partial charge >= 0.3 is 11.9 Å². The van der Waals surface area contributed by atoms with Crippen LogP contribution >= 0.6 is 0 Å². The minimum Gasteiger partial charge on any atom is -0.485 e. The summed E-state index contributed by atoms with van der Waals surface area (Å²) in [5, 5.41) is 21.5. The van der Waals surface area contributed by atoms with Crippen molar-refractivity contribution in [3.63, 3.8) is 0 Å². The maximum atomic E-state index is 11.8. The number of nitro groups is 2. The van der Waals surface area contributed by atoms with Crippen molar-refractivity contribution in [2.75, 3.05) is 26.4 Å². The van der Waals surface area contributed by atoms with E-state index < -0.39 is 54.0 Å². The van der Waals surface area contributed by atoms with Crippen molar-refractivity contribution in [3.8, 4) is 11.5 Å². The van der Waals surface area contributed by atoms with Crippen LogP contribution < -0.4 is 9.47 Å². The number of carbonyl (C=O) groups is 4. The first-order valence-electron chi connectivity index (χ1n) is 11.2. The molecule has 0 atom stereocenters. The number of esters is 2. The largest absolute Gasteiger partial charge is 0.485 e. The van der Waals surface area contributed by atoms with E-state index in [4.69, 9.17) is 18.9 Å². The molecule has 14 heteroatoms. The molecule has 2 aromatic rings. The minimum absolute atomic E-state index is 0.0386. The topological polar surface area (TPSA) is 191 Å². The molecule has 0 saturated heterocycles. The van der Waals surface area contributed by atoms with E-state index >= 15 is 0 Å². The van der Waals surface area contributed by atoms with Crippen LogP contribution in [-0.2, 0) is 28.7 Å². The van der Waals surface area contributed by atoms with Gasteiger partial charge in [0.25, 0.3) is 11.4 Å². The molecule has 0 aliphatic carbocycles. The number of ether oxygens (including phenoxy) is 4. The fourth-order valence-corrected chi connectivity index (χ4v) is 2.82. The number of Topliss-reactive ketones (excluding diaryl/α,β-unsaturated/α-hetero) is 2. The molecule has 38 heavy (non-hydrogen) atoms. The van der Waals surface area contributed by atoms with Gasteiger partial charge in [-0.2, -0.15) is 0 Å². The van der Waals surface area contributed by atoms with Gasteiger partial charge < -0.3 is 18.9 Å². The summed E-state index contributed by atoms with van der Waals surface area (Å²) in [5.41, 5.74) is -0.390. The highest BCUT2D eigenvalue weighted by atomic mass is 16.6. The van der Waals surface area contributed by atoms with Gasteiger partial charge in [-0.3, -0.25) is 34.6 Å². The van der Waals surface area contributed by atoms with Crippen LogP contribution in [0.15, 0.2) is 48.5 Å². The Labute approximate surface area is 215 Å². The summed E-state index contributed by atoms with van der Waals surface area (Å²) in [6.07, 6.45) is 0.623. The summed E-state index contributed by atoms with van der Waals surface area (Å²) in [5.74, 6) is -2.17. The Kier molecular flexibility index (Phi) is 11.8. The minimum atomic E-state index is -0.826. The summed E-state index contributed by atoms with van der Waals surface area (Å²) in [4.78, 5) is 67.3. The number of rotatable bonds is 17. The Morgan fingerprint density at radius 3 is 1.71 bits per heavy atom. The number of carbonyl (C=O) groups excluding carboxylic acids is 4. The van der Waals surface area contributed by atoms with E-state index in [0.717, 1.165) is 12.1 Å². The number of non-ortho nitro benzene ring substituents is 2. The quantitative estimate of drug-likeness (QED) is 0.125. The molecule has 0 heterocycles. The average Bonchev–Trinajstić information content (AvgIpc) is 2.91. The third-order valence-corrected chi connectivity index (χ3v) is 4.69. The van der Waals surface area contributed by atoms with E-state index in [2.05, 4.69) is 0 Å². The monoisotopic (exact) mass is 532 g/mol. The highest BCUT2D eigenvalue weighted by Crippen LogP contribution is 2.20. The Hall–Kier alpha value is -4.88. The van der Waals surface area contributed by atoms with Crippen molar-refractivity contribution in [2.24, 2.45) is 0 Å². The Bertz CT molecular complexity index is 1090. The van der Waals surface area contributed by atoms with E-state index in [1.807, 2.05) is 0 Å². The number of nitro benzene ring substituents is 2. The molecule has 0 unspecified atom stereocenters. The lowest BCUT2D eigenvalue weighted by atomic mass is 10.1. The molecular formula is C24H24N2O12. The van der Waals surface area contributed by atoms with Crippen molar-refractivity contribution in [3.05, 3.63) is 68.8 Å². The molecule has 0 radical (unpaired) electrons. The lowest BCUT2D eigenvalue weighted by Gasteiger charge is -2.07. The van der Waals surface area contributed by atoms with Crippen molar-refractivity contribution >= 4 is 34.9 Å². The number of ketones is 2. The molecule has 0 N–H and O–H groups in total. The molecule has 2 aromatic carbocycles. The predicted molar refractivity (Wildman–Crippen MR) is 128 cm³/mol. The lowest BCUT2D eigenvalue weighted by Crippen LogP contribution is -2.20. The van der Waals surface area contributed by atoms with Crippen LogP contribution in [0.3, 0.4) is 0 Å². The molecule has 2 rings (SSSR count). The molecule has 0 bridgehead atoms. The number of unbranched alkanes of at least 4 members (excludes halogenated alkanes) is 1. The third kappa shape index (κ3) is 11.2. The van der Waals surface area contributed by atoms with Crippen LogP contribution in [0, 0.1) is 20.2 Å². The predicted octanol–water partition coefficient (Wildman–Crippen LogP) is 2.75. The standard InChI is InChI=1S/C24H24N2O12/c27-19(13-38-24(30)16-36-22-9-4-6-18(12-22)26(33)34)7-1-2-10-23(29)37-15-20(28)14-35-21-8-3-5-17(11-21)25(31)32/h3-6,8-9,11-12H,1-2,7,10,13-16H2. The average molecular weight is 532 g/mol. The second-order valence-electron chi connectivity index (χ2n) is 7.69. The van der Waals surface area contributed by atoms with E-state index in [-0.39, 0.29) is 41.5 Å². The lowest BCUT2D eigenvalue weighted by molar-refractivity contribution is -0.385. The molecule has 0 aromatic heterocycles. The molecule has 0 spiro atoms. The Morgan fingerprint density at radius 2 is 1.13 bits per heavy atom. The Balaban J connectivity index is 1.53. The molecule has 0 amide bonds. The normalized spacial score (nSPS) is 10.2. The maximum Gasteiger partial charge on any atom is 0.344 e. The van der Waals surface area contributed by atoms with Crippen LogP contribution in [0.4, 0.5) is 11.4 Å². The van der Waals surface area contributed by atoms with E-state index in [9.17, 15) is 39.4 Å². The second kappa shape index (κ2) is 15.3. The fraction of sp³-hybridized carbons (Fsp3) is 0.333. The van der Waals surface area contributed by atoms with Crippen LogP contribution in [-0.4, -0.2) is 59.8 Å². The van der Waals surface area contributed by atoms with Crippen molar-refractivity contribution < 1.29 is 48.0 Å². The first-order chi connectivity index (χ1) is 18.1. The summed E-state index contributed by atoms with van der Waals surface area (Å²) in [7, 11) is 0. The van der Waals surface area contributed by atoms with Gasteiger partial charge in [0.2, 0.25) is 5.78 Å². The van der Waals surface area contributed by atoms with Crippen molar-refractivity contribution in [1.82, 2.24) is 0 Å². The van der Waals surface area contributed by atoms with E-state index in [1.54, 1.807) is 0 Å². The molecule has 14 nitrogen and oxygen atoms in total.